The van der Waals surface area contributed by atoms with E-state index in [1.807, 2.05) is 13.0 Å². The van der Waals surface area contributed by atoms with E-state index in [1.165, 1.54) is 18.4 Å². The van der Waals surface area contributed by atoms with Gasteiger partial charge in [0.1, 0.15) is 0 Å². The number of imide groups is 1. The van der Waals surface area contributed by atoms with Crippen LogP contribution in [0.2, 0.25) is 0 Å². The van der Waals surface area contributed by atoms with Crippen LogP contribution < -0.4 is 9.47 Å². The fraction of sp³-hybridized carbons (Fsp3) is 0.350. The maximum absolute atomic E-state index is 12.8. The van der Waals surface area contributed by atoms with Crippen LogP contribution in [0.4, 0.5) is 0 Å². The third-order valence-electron chi connectivity index (χ3n) is 4.38. The Balaban J connectivity index is 1.90. The molecule has 8 heteroatoms. The molecule has 0 atom stereocenters. The molecule has 0 radical (unpaired) electrons. The summed E-state index contributed by atoms with van der Waals surface area (Å²) in [6.45, 7) is 2.59. The molecule has 148 valence electrons. The van der Waals surface area contributed by atoms with E-state index in [0.717, 1.165) is 16.9 Å². The molecular formula is C20H21NO6S. The molecule has 1 aliphatic heterocycles. The van der Waals surface area contributed by atoms with Crippen LogP contribution in [0.15, 0.2) is 23.6 Å². The highest BCUT2D eigenvalue weighted by Gasteiger charge is 2.39. The zero-order valence-corrected chi connectivity index (χ0v) is 16.8. The molecule has 7 nitrogen and oxygen atoms in total. The third-order valence-corrected chi connectivity index (χ3v) is 5.41. The average Bonchev–Trinajstić information content (AvgIpc) is 3.25. The number of carbonyl (C=O) groups is 3. The number of hydrogen-bond donors (Lipinski definition) is 0. The van der Waals surface area contributed by atoms with E-state index in [-0.39, 0.29) is 18.9 Å². The number of hydrogen-bond acceptors (Lipinski definition) is 7. The summed E-state index contributed by atoms with van der Waals surface area (Å²) in [6, 6.07) is 5.44. The molecule has 2 aromatic rings. The second-order valence-electron chi connectivity index (χ2n) is 6.16. The Morgan fingerprint density at radius 3 is 2.61 bits per heavy atom. The van der Waals surface area contributed by atoms with Crippen LogP contribution in [0.25, 0.3) is 10.4 Å². The summed E-state index contributed by atoms with van der Waals surface area (Å²) in [5, 5.41) is 1.68. The largest absolute Gasteiger partial charge is 0.493 e. The van der Waals surface area contributed by atoms with Gasteiger partial charge in [-0.1, -0.05) is 6.92 Å². The lowest BCUT2D eigenvalue weighted by molar-refractivity contribution is -0.140. The number of esters is 1. The number of nitrogens with zero attached hydrogens (tertiary/aromatic N) is 1. The van der Waals surface area contributed by atoms with E-state index in [9.17, 15) is 14.4 Å². The van der Waals surface area contributed by atoms with Crippen molar-refractivity contribution < 1.29 is 28.6 Å². The number of fused-ring (bicyclic) bond motifs is 1. The van der Waals surface area contributed by atoms with Gasteiger partial charge in [0.05, 0.1) is 38.4 Å². The van der Waals surface area contributed by atoms with Crippen molar-refractivity contribution in [3.63, 3.8) is 0 Å². The van der Waals surface area contributed by atoms with Gasteiger partial charge in [-0.05, 0) is 30.2 Å². The van der Waals surface area contributed by atoms with E-state index in [0.29, 0.717) is 34.1 Å². The van der Waals surface area contributed by atoms with Gasteiger partial charge in [-0.15, -0.1) is 11.3 Å². The van der Waals surface area contributed by atoms with Crippen LogP contribution in [0.3, 0.4) is 0 Å². The number of thiophene rings is 1. The molecule has 28 heavy (non-hydrogen) atoms. The van der Waals surface area contributed by atoms with Crippen LogP contribution in [0.5, 0.6) is 11.5 Å². The van der Waals surface area contributed by atoms with Crippen LogP contribution in [0, 0.1) is 0 Å². The topological polar surface area (TPSA) is 82.1 Å². The van der Waals surface area contributed by atoms with E-state index in [1.54, 1.807) is 24.6 Å². The fourth-order valence-corrected chi connectivity index (χ4v) is 3.99. The Hall–Kier alpha value is -2.87. The predicted octanol–water partition coefficient (Wildman–Crippen LogP) is 3.37. The minimum atomic E-state index is -0.470. The summed E-state index contributed by atoms with van der Waals surface area (Å²) in [7, 11) is 2.83. The SMILES string of the molecule is CCCOc1ccc(-c2scc3c2C(=O)N(CCC(=O)OC)C3=O)cc1OC. The van der Waals surface area contributed by atoms with E-state index < -0.39 is 11.9 Å². The van der Waals surface area contributed by atoms with Gasteiger partial charge in [-0.25, -0.2) is 0 Å². The van der Waals surface area contributed by atoms with Gasteiger partial charge in [-0.3, -0.25) is 19.3 Å². The highest BCUT2D eigenvalue weighted by atomic mass is 32.1. The van der Waals surface area contributed by atoms with Crippen LogP contribution in [-0.2, 0) is 9.53 Å². The first-order chi connectivity index (χ1) is 13.5. The van der Waals surface area contributed by atoms with Gasteiger partial charge in [0.15, 0.2) is 11.5 Å². The molecule has 0 N–H and O–H groups in total. The summed E-state index contributed by atoms with van der Waals surface area (Å²) in [5.74, 6) is -0.0647. The molecule has 0 saturated heterocycles. The number of amides is 2. The first-order valence-electron chi connectivity index (χ1n) is 8.87. The normalized spacial score (nSPS) is 12.9. The Morgan fingerprint density at radius 1 is 1.14 bits per heavy atom. The van der Waals surface area contributed by atoms with Crippen molar-refractivity contribution in [2.75, 3.05) is 27.4 Å². The number of carbonyl (C=O) groups excluding carboxylic acids is 3. The van der Waals surface area contributed by atoms with Crippen molar-refractivity contribution in [2.45, 2.75) is 19.8 Å². The first kappa shape index (κ1) is 19.9. The summed E-state index contributed by atoms with van der Waals surface area (Å²) in [6.07, 6.45) is 0.843. The number of methoxy groups -OCH3 is 2. The van der Waals surface area contributed by atoms with Gasteiger partial charge >= 0.3 is 5.97 Å². The minimum Gasteiger partial charge on any atom is -0.493 e. The van der Waals surface area contributed by atoms with Gasteiger partial charge < -0.3 is 14.2 Å². The second-order valence-corrected chi connectivity index (χ2v) is 7.04. The number of rotatable bonds is 8. The highest BCUT2D eigenvalue weighted by Crippen LogP contribution is 2.41. The Bertz CT molecular complexity index is 919. The maximum atomic E-state index is 12.8. The molecule has 0 unspecified atom stereocenters. The molecule has 0 spiro atoms. The smallest absolute Gasteiger partial charge is 0.307 e. The predicted molar refractivity (Wildman–Crippen MR) is 104 cm³/mol. The molecule has 1 aromatic carbocycles. The van der Waals surface area contributed by atoms with Crippen molar-refractivity contribution in [3.05, 3.63) is 34.7 Å². The minimum absolute atomic E-state index is 0.00373. The molecule has 0 saturated carbocycles. The third kappa shape index (κ3) is 3.60. The molecule has 3 rings (SSSR count). The molecule has 0 bridgehead atoms. The molecule has 1 aromatic heterocycles. The summed E-state index contributed by atoms with van der Waals surface area (Å²) < 4.78 is 15.7. The quantitative estimate of drug-likeness (QED) is 0.496. The van der Waals surface area contributed by atoms with Crippen molar-refractivity contribution in [1.29, 1.82) is 0 Å². The van der Waals surface area contributed by atoms with Crippen molar-refractivity contribution >= 4 is 29.1 Å². The summed E-state index contributed by atoms with van der Waals surface area (Å²) in [5.41, 5.74) is 1.49. The Morgan fingerprint density at radius 2 is 1.93 bits per heavy atom. The molecule has 0 fully saturated rings. The van der Waals surface area contributed by atoms with Crippen molar-refractivity contribution in [3.8, 4) is 21.9 Å². The number of ether oxygens (including phenoxy) is 3. The summed E-state index contributed by atoms with van der Waals surface area (Å²) >= 11 is 1.33. The summed E-state index contributed by atoms with van der Waals surface area (Å²) in [4.78, 5) is 38.5. The molecular weight excluding hydrogens is 382 g/mol. The van der Waals surface area contributed by atoms with E-state index in [2.05, 4.69) is 4.74 Å². The van der Waals surface area contributed by atoms with E-state index in [4.69, 9.17) is 9.47 Å². The molecule has 0 aliphatic carbocycles. The zero-order chi connectivity index (χ0) is 20.3. The van der Waals surface area contributed by atoms with Gasteiger partial charge in [0.25, 0.3) is 11.8 Å². The van der Waals surface area contributed by atoms with E-state index >= 15 is 0 Å². The first-order valence-corrected chi connectivity index (χ1v) is 9.75. The lowest BCUT2D eigenvalue weighted by atomic mass is 10.1. The molecule has 2 heterocycles. The van der Waals surface area contributed by atoms with Crippen LogP contribution >= 0.6 is 11.3 Å². The van der Waals surface area contributed by atoms with Crippen LogP contribution in [0.1, 0.15) is 40.5 Å². The van der Waals surface area contributed by atoms with Gasteiger partial charge in [-0.2, -0.15) is 0 Å². The van der Waals surface area contributed by atoms with Crippen molar-refractivity contribution in [2.24, 2.45) is 0 Å². The molecule has 1 aliphatic rings. The standard InChI is InChI=1S/C20H21NO6S/c1-4-9-27-14-6-5-12(10-15(14)25-2)18-17-13(11-28-18)19(23)21(20(17)24)8-7-16(22)26-3/h5-6,10-11H,4,7-9H2,1-3H3. The van der Waals surface area contributed by atoms with Gasteiger partial charge in [0.2, 0.25) is 0 Å². The van der Waals surface area contributed by atoms with Crippen LogP contribution in [-0.4, -0.2) is 50.1 Å². The highest BCUT2D eigenvalue weighted by molar-refractivity contribution is 7.14. The van der Waals surface area contributed by atoms with Crippen molar-refractivity contribution in [1.82, 2.24) is 4.90 Å². The fourth-order valence-electron chi connectivity index (χ4n) is 2.96. The second kappa shape index (κ2) is 8.43. The zero-order valence-electron chi connectivity index (χ0n) is 15.9. The average molecular weight is 403 g/mol. The number of benzene rings is 1. The Labute approximate surface area is 166 Å². The lowest BCUT2D eigenvalue weighted by Crippen LogP contribution is -2.32. The monoisotopic (exact) mass is 403 g/mol. The Kier molecular flexibility index (Phi) is 5.99. The maximum Gasteiger partial charge on any atom is 0.307 e. The lowest BCUT2D eigenvalue weighted by Gasteiger charge is -2.14. The van der Waals surface area contributed by atoms with Gasteiger partial charge in [0, 0.05) is 16.8 Å². The molecule has 2 amide bonds.